The first-order valence-electron chi connectivity index (χ1n) is 6.80. The first-order valence-corrected chi connectivity index (χ1v) is 8.74. The summed E-state index contributed by atoms with van der Waals surface area (Å²) in [7, 11) is 0. The number of aliphatic hydroxyl groups is 1. The zero-order chi connectivity index (χ0) is 13.9. The van der Waals surface area contributed by atoms with E-state index < -0.39 is 5.60 Å². The van der Waals surface area contributed by atoms with Crippen molar-refractivity contribution >= 4 is 27.7 Å². The maximum absolute atomic E-state index is 10.5. The molecule has 0 radical (unpaired) electrons. The van der Waals surface area contributed by atoms with Crippen LogP contribution in [0.15, 0.2) is 22.7 Å². The lowest BCUT2D eigenvalue weighted by molar-refractivity contribution is 0.0300. The smallest absolute Gasteiger partial charge is 0.0787 e. The van der Waals surface area contributed by atoms with Gasteiger partial charge < -0.3 is 10.4 Å². The SMILES string of the molecule is Cc1cc(C(C)NCC2(O)CCSCC2)ccc1Br. The fourth-order valence-electron chi connectivity index (χ4n) is 2.33. The van der Waals surface area contributed by atoms with Crippen molar-refractivity contribution in [2.75, 3.05) is 18.1 Å². The van der Waals surface area contributed by atoms with Crippen molar-refractivity contribution in [1.29, 1.82) is 0 Å². The van der Waals surface area contributed by atoms with Gasteiger partial charge in [0.1, 0.15) is 0 Å². The van der Waals surface area contributed by atoms with E-state index >= 15 is 0 Å². The summed E-state index contributed by atoms with van der Waals surface area (Å²) < 4.78 is 1.14. The lowest BCUT2D eigenvalue weighted by atomic mass is 9.96. The van der Waals surface area contributed by atoms with Gasteiger partial charge in [0.25, 0.3) is 0 Å². The summed E-state index contributed by atoms with van der Waals surface area (Å²) in [5, 5.41) is 14.0. The highest BCUT2D eigenvalue weighted by Gasteiger charge is 2.29. The normalized spacial score (nSPS) is 20.2. The topological polar surface area (TPSA) is 32.3 Å². The molecule has 0 aromatic heterocycles. The van der Waals surface area contributed by atoms with Gasteiger partial charge in [0, 0.05) is 17.1 Å². The highest BCUT2D eigenvalue weighted by molar-refractivity contribution is 9.10. The van der Waals surface area contributed by atoms with E-state index in [-0.39, 0.29) is 6.04 Å². The fourth-order valence-corrected chi connectivity index (χ4v) is 3.83. The molecule has 0 saturated carbocycles. The van der Waals surface area contributed by atoms with E-state index in [1.807, 2.05) is 11.8 Å². The van der Waals surface area contributed by atoms with E-state index in [9.17, 15) is 5.11 Å². The molecule has 4 heteroatoms. The standard InChI is InChI=1S/C15H22BrNOS/c1-11-9-13(3-4-14(11)16)12(2)17-10-15(18)5-7-19-8-6-15/h3-4,9,12,17-18H,5-8,10H2,1-2H3. The highest BCUT2D eigenvalue weighted by atomic mass is 79.9. The van der Waals surface area contributed by atoms with Gasteiger partial charge >= 0.3 is 0 Å². The summed E-state index contributed by atoms with van der Waals surface area (Å²) in [6, 6.07) is 6.69. The lowest BCUT2D eigenvalue weighted by Gasteiger charge is -2.33. The number of aryl methyl sites for hydroxylation is 1. The second-order valence-electron chi connectivity index (χ2n) is 5.45. The van der Waals surface area contributed by atoms with E-state index in [0.29, 0.717) is 6.54 Å². The Hall–Kier alpha value is -0.0300. The molecule has 19 heavy (non-hydrogen) atoms. The largest absolute Gasteiger partial charge is 0.389 e. The van der Waals surface area contributed by atoms with Crippen LogP contribution in [0.4, 0.5) is 0 Å². The Labute approximate surface area is 128 Å². The second-order valence-corrected chi connectivity index (χ2v) is 7.53. The van der Waals surface area contributed by atoms with E-state index in [0.717, 1.165) is 28.8 Å². The average molecular weight is 344 g/mol. The van der Waals surface area contributed by atoms with Gasteiger partial charge in [-0.2, -0.15) is 11.8 Å². The Morgan fingerprint density at radius 3 is 2.74 bits per heavy atom. The highest BCUT2D eigenvalue weighted by Crippen LogP contribution is 2.27. The minimum Gasteiger partial charge on any atom is -0.389 e. The molecule has 1 atom stereocenters. The van der Waals surface area contributed by atoms with Crippen molar-refractivity contribution in [2.45, 2.75) is 38.3 Å². The summed E-state index contributed by atoms with van der Waals surface area (Å²) in [6.45, 7) is 4.94. The van der Waals surface area contributed by atoms with E-state index in [1.54, 1.807) is 0 Å². The molecule has 0 spiro atoms. The molecule has 2 nitrogen and oxygen atoms in total. The van der Waals surface area contributed by atoms with Crippen LogP contribution in [0.5, 0.6) is 0 Å². The van der Waals surface area contributed by atoms with Crippen molar-refractivity contribution in [2.24, 2.45) is 0 Å². The monoisotopic (exact) mass is 343 g/mol. The third-order valence-electron chi connectivity index (χ3n) is 3.84. The molecular weight excluding hydrogens is 322 g/mol. The van der Waals surface area contributed by atoms with Crippen LogP contribution in [0.1, 0.15) is 36.9 Å². The van der Waals surface area contributed by atoms with Gasteiger partial charge in [-0.05, 0) is 55.4 Å². The van der Waals surface area contributed by atoms with Crippen molar-refractivity contribution in [1.82, 2.24) is 5.32 Å². The molecule has 0 amide bonds. The first kappa shape index (κ1) is 15.4. The molecule has 0 aliphatic carbocycles. The van der Waals surface area contributed by atoms with Crippen molar-refractivity contribution in [3.05, 3.63) is 33.8 Å². The molecule has 1 aliphatic rings. The number of hydrogen-bond donors (Lipinski definition) is 2. The van der Waals surface area contributed by atoms with Crippen LogP contribution in [0, 0.1) is 6.92 Å². The molecule has 1 aromatic rings. The minimum absolute atomic E-state index is 0.269. The van der Waals surface area contributed by atoms with Gasteiger partial charge in [-0.15, -0.1) is 0 Å². The maximum Gasteiger partial charge on any atom is 0.0787 e. The van der Waals surface area contributed by atoms with Crippen LogP contribution in [-0.2, 0) is 0 Å². The summed E-state index contributed by atoms with van der Waals surface area (Å²) >= 11 is 5.46. The molecule has 2 N–H and O–H groups in total. The Balaban J connectivity index is 1.93. The Kier molecular flexibility index (Phi) is 5.35. The van der Waals surface area contributed by atoms with Crippen molar-refractivity contribution in [3.8, 4) is 0 Å². The van der Waals surface area contributed by atoms with Crippen LogP contribution in [0.25, 0.3) is 0 Å². The quantitative estimate of drug-likeness (QED) is 0.874. The number of hydrogen-bond acceptors (Lipinski definition) is 3. The summed E-state index contributed by atoms with van der Waals surface area (Å²) in [5.41, 5.74) is 2.01. The van der Waals surface area contributed by atoms with Gasteiger partial charge in [0.05, 0.1) is 5.60 Å². The van der Waals surface area contributed by atoms with E-state index in [1.165, 1.54) is 11.1 Å². The third-order valence-corrected chi connectivity index (χ3v) is 5.72. The predicted octanol–water partition coefficient (Wildman–Crippen LogP) is 3.67. The third kappa shape index (κ3) is 4.22. The van der Waals surface area contributed by atoms with Crippen LogP contribution < -0.4 is 5.32 Å². The second kappa shape index (κ2) is 6.61. The average Bonchev–Trinajstić information content (AvgIpc) is 2.40. The van der Waals surface area contributed by atoms with Gasteiger partial charge in [0.2, 0.25) is 0 Å². The van der Waals surface area contributed by atoms with Gasteiger partial charge in [-0.3, -0.25) is 0 Å². The van der Waals surface area contributed by atoms with Crippen LogP contribution >= 0.6 is 27.7 Å². The number of halogens is 1. The van der Waals surface area contributed by atoms with Crippen LogP contribution in [0.2, 0.25) is 0 Å². The van der Waals surface area contributed by atoms with E-state index in [4.69, 9.17) is 0 Å². The predicted molar refractivity (Wildman–Crippen MR) is 86.8 cm³/mol. The molecule has 0 bridgehead atoms. The number of rotatable bonds is 4. The zero-order valence-corrected chi connectivity index (χ0v) is 14.0. The Morgan fingerprint density at radius 1 is 1.42 bits per heavy atom. The molecular formula is C15H22BrNOS. The zero-order valence-electron chi connectivity index (χ0n) is 11.6. The van der Waals surface area contributed by atoms with E-state index in [2.05, 4.69) is 53.3 Å². The molecule has 1 aromatic carbocycles. The molecule has 1 unspecified atom stereocenters. The number of nitrogens with one attached hydrogen (secondary N) is 1. The molecule has 1 heterocycles. The first-order chi connectivity index (χ1) is 9.00. The van der Waals surface area contributed by atoms with Gasteiger partial charge in [0.15, 0.2) is 0 Å². The van der Waals surface area contributed by atoms with Crippen LogP contribution in [0.3, 0.4) is 0 Å². The molecule has 1 fully saturated rings. The van der Waals surface area contributed by atoms with Gasteiger partial charge in [-0.1, -0.05) is 28.1 Å². The van der Waals surface area contributed by atoms with Crippen molar-refractivity contribution < 1.29 is 5.11 Å². The minimum atomic E-state index is -0.510. The molecule has 1 saturated heterocycles. The summed E-state index contributed by atoms with van der Waals surface area (Å²) in [6.07, 6.45) is 1.80. The summed E-state index contributed by atoms with van der Waals surface area (Å²) in [5.74, 6) is 2.15. The maximum atomic E-state index is 10.5. The van der Waals surface area contributed by atoms with Gasteiger partial charge in [-0.25, -0.2) is 0 Å². The molecule has 1 aliphatic heterocycles. The Bertz CT molecular complexity index is 432. The van der Waals surface area contributed by atoms with Crippen LogP contribution in [-0.4, -0.2) is 28.8 Å². The summed E-state index contributed by atoms with van der Waals surface area (Å²) in [4.78, 5) is 0. The Morgan fingerprint density at radius 2 is 2.11 bits per heavy atom. The molecule has 106 valence electrons. The fraction of sp³-hybridized carbons (Fsp3) is 0.600. The van der Waals surface area contributed by atoms with Crippen molar-refractivity contribution in [3.63, 3.8) is 0 Å². The lowest BCUT2D eigenvalue weighted by Crippen LogP contribution is -2.44. The number of thioether (sulfide) groups is 1. The molecule has 2 rings (SSSR count). The number of benzene rings is 1.